The number of hydrogen-bond donors (Lipinski definition) is 1. The van der Waals surface area contributed by atoms with E-state index in [0.29, 0.717) is 4.47 Å². The molecule has 1 aromatic carbocycles. The summed E-state index contributed by atoms with van der Waals surface area (Å²) in [6.07, 6.45) is -1.03. The van der Waals surface area contributed by atoms with Gasteiger partial charge in [0.05, 0.1) is 17.7 Å². The minimum Gasteiger partial charge on any atom is -0.449 e. The quantitative estimate of drug-likeness (QED) is 0.558. The summed E-state index contributed by atoms with van der Waals surface area (Å²) in [4.78, 5) is 28.4. The second kappa shape index (κ2) is 8.61. The van der Waals surface area contributed by atoms with Gasteiger partial charge in [0.1, 0.15) is 4.90 Å². The SMILES string of the molecule is CON(C)S(=O)(=O)c1cc(C(=O)O[C@@H](C)C(=O)NC(C)C)ccc1Cl. The Morgan fingerprint density at radius 3 is 2.36 bits per heavy atom. The number of hydroxylamine groups is 1. The maximum Gasteiger partial charge on any atom is 0.338 e. The summed E-state index contributed by atoms with van der Waals surface area (Å²) in [7, 11) is -1.68. The first kappa shape index (κ1) is 21.4. The van der Waals surface area contributed by atoms with E-state index in [1.54, 1.807) is 13.8 Å². The second-order valence-corrected chi connectivity index (χ2v) is 7.76. The first-order chi connectivity index (χ1) is 11.5. The van der Waals surface area contributed by atoms with Crippen LogP contribution in [0.5, 0.6) is 0 Å². The number of carbonyl (C=O) groups excluding carboxylic acids is 2. The van der Waals surface area contributed by atoms with Gasteiger partial charge in [0.25, 0.3) is 15.9 Å². The molecule has 0 saturated heterocycles. The highest BCUT2D eigenvalue weighted by atomic mass is 35.5. The van der Waals surface area contributed by atoms with Crippen molar-refractivity contribution in [1.29, 1.82) is 0 Å². The molecule has 0 bridgehead atoms. The van der Waals surface area contributed by atoms with E-state index in [0.717, 1.165) is 6.07 Å². The first-order valence-corrected chi connectivity index (χ1v) is 9.16. The number of halogens is 1. The smallest absolute Gasteiger partial charge is 0.338 e. The van der Waals surface area contributed by atoms with Crippen LogP contribution in [0.15, 0.2) is 23.1 Å². The Hall–Kier alpha value is -1.68. The molecule has 0 saturated carbocycles. The fourth-order valence-corrected chi connectivity index (χ4v) is 3.22. The molecule has 0 fully saturated rings. The van der Waals surface area contributed by atoms with Crippen LogP contribution in [-0.4, -0.2) is 51.1 Å². The number of esters is 1. The third-order valence-electron chi connectivity index (χ3n) is 3.12. The largest absolute Gasteiger partial charge is 0.449 e. The highest BCUT2D eigenvalue weighted by Gasteiger charge is 2.26. The van der Waals surface area contributed by atoms with Crippen molar-refractivity contribution < 1.29 is 27.6 Å². The standard InChI is InChI=1S/C15H21ClN2O6S/c1-9(2)17-14(19)10(3)24-15(20)11-6-7-12(16)13(8-11)25(21,22)18(4)23-5/h6-10H,1-5H3,(H,17,19)/t10-/m0/s1. The third kappa shape index (κ3) is 5.40. The van der Waals surface area contributed by atoms with Crippen LogP contribution in [0.4, 0.5) is 0 Å². The van der Waals surface area contributed by atoms with E-state index in [-0.39, 0.29) is 21.5 Å². The monoisotopic (exact) mass is 392 g/mol. The predicted octanol–water partition coefficient (Wildman–Crippen LogP) is 1.59. The van der Waals surface area contributed by atoms with Gasteiger partial charge in [0, 0.05) is 13.1 Å². The maximum absolute atomic E-state index is 12.3. The lowest BCUT2D eigenvalue weighted by Crippen LogP contribution is -2.39. The minimum absolute atomic E-state index is 0.0586. The second-order valence-electron chi connectivity index (χ2n) is 5.45. The molecular formula is C15H21ClN2O6S. The lowest BCUT2D eigenvalue weighted by atomic mass is 10.2. The van der Waals surface area contributed by atoms with Crippen molar-refractivity contribution in [2.45, 2.75) is 37.8 Å². The highest BCUT2D eigenvalue weighted by Crippen LogP contribution is 2.25. The summed E-state index contributed by atoms with van der Waals surface area (Å²) < 4.78 is 30.3. The summed E-state index contributed by atoms with van der Waals surface area (Å²) in [5.41, 5.74) is -0.0586. The Morgan fingerprint density at radius 2 is 1.84 bits per heavy atom. The van der Waals surface area contributed by atoms with E-state index < -0.39 is 28.0 Å². The summed E-state index contributed by atoms with van der Waals surface area (Å²) in [5.74, 6) is -1.30. The zero-order valence-electron chi connectivity index (χ0n) is 14.6. The molecule has 25 heavy (non-hydrogen) atoms. The van der Waals surface area contributed by atoms with E-state index in [2.05, 4.69) is 10.2 Å². The Bertz CT molecular complexity index is 750. The maximum atomic E-state index is 12.3. The molecule has 0 radical (unpaired) electrons. The molecule has 1 rings (SSSR count). The number of carbonyl (C=O) groups is 2. The molecule has 1 N–H and O–H groups in total. The van der Waals surface area contributed by atoms with E-state index in [4.69, 9.17) is 16.3 Å². The van der Waals surface area contributed by atoms with Crippen LogP contribution in [0.2, 0.25) is 5.02 Å². The van der Waals surface area contributed by atoms with Crippen molar-refractivity contribution in [1.82, 2.24) is 9.79 Å². The van der Waals surface area contributed by atoms with E-state index in [9.17, 15) is 18.0 Å². The number of amides is 1. The molecule has 140 valence electrons. The molecule has 1 amide bonds. The van der Waals surface area contributed by atoms with Crippen LogP contribution in [0.25, 0.3) is 0 Å². The average Bonchev–Trinajstić information content (AvgIpc) is 2.53. The Balaban J connectivity index is 3.06. The summed E-state index contributed by atoms with van der Waals surface area (Å²) in [6.45, 7) is 4.96. The molecule has 8 nitrogen and oxygen atoms in total. The van der Waals surface area contributed by atoms with Crippen LogP contribution in [0.3, 0.4) is 0 Å². The van der Waals surface area contributed by atoms with Gasteiger partial charge in [-0.15, -0.1) is 0 Å². The van der Waals surface area contributed by atoms with Crippen molar-refractivity contribution in [3.8, 4) is 0 Å². The average molecular weight is 393 g/mol. The van der Waals surface area contributed by atoms with Crippen molar-refractivity contribution in [3.05, 3.63) is 28.8 Å². The number of hydrogen-bond acceptors (Lipinski definition) is 6. The summed E-state index contributed by atoms with van der Waals surface area (Å²) in [6, 6.07) is 3.53. The lowest BCUT2D eigenvalue weighted by Gasteiger charge is -2.17. The minimum atomic E-state index is -4.04. The Labute approximate surface area is 152 Å². The van der Waals surface area contributed by atoms with Gasteiger partial charge in [-0.3, -0.25) is 9.63 Å². The molecular weight excluding hydrogens is 372 g/mol. The van der Waals surface area contributed by atoms with Crippen molar-refractivity contribution >= 4 is 33.5 Å². The molecule has 0 aliphatic rings. The van der Waals surface area contributed by atoms with Gasteiger partial charge >= 0.3 is 5.97 Å². The number of nitrogens with zero attached hydrogens (tertiary/aromatic N) is 1. The zero-order chi connectivity index (χ0) is 19.4. The fraction of sp³-hybridized carbons (Fsp3) is 0.467. The Kier molecular flexibility index (Phi) is 7.36. The number of benzene rings is 1. The normalized spacial score (nSPS) is 13.0. The van der Waals surface area contributed by atoms with Gasteiger partial charge in [0.15, 0.2) is 6.10 Å². The number of nitrogens with one attached hydrogen (secondary N) is 1. The van der Waals surface area contributed by atoms with Crippen molar-refractivity contribution in [2.75, 3.05) is 14.2 Å². The van der Waals surface area contributed by atoms with Crippen LogP contribution in [-0.2, 0) is 24.4 Å². The molecule has 0 unspecified atom stereocenters. The summed E-state index contributed by atoms with van der Waals surface area (Å²) in [5, 5.41) is 2.53. The van der Waals surface area contributed by atoms with Crippen molar-refractivity contribution in [2.24, 2.45) is 0 Å². The topological polar surface area (TPSA) is 102 Å². The molecule has 1 atom stereocenters. The van der Waals surface area contributed by atoms with Crippen molar-refractivity contribution in [3.63, 3.8) is 0 Å². The summed E-state index contributed by atoms with van der Waals surface area (Å²) >= 11 is 5.92. The molecule has 0 spiro atoms. The van der Waals surface area contributed by atoms with Gasteiger partial charge in [0.2, 0.25) is 0 Å². The third-order valence-corrected chi connectivity index (χ3v) is 5.29. The first-order valence-electron chi connectivity index (χ1n) is 7.34. The number of sulfonamides is 1. The highest BCUT2D eigenvalue weighted by molar-refractivity contribution is 7.89. The lowest BCUT2D eigenvalue weighted by molar-refractivity contribution is -0.129. The van der Waals surface area contributed by atoms with E-state index in [1.165, 1.54) is 33.2 Å². The molecule has 0 aromatic heterocycles. The molecule has 10 heteroatoms. The number of ether oxygens (including phenoxy) is 1. The predicted molar refractivity (Wildman–Crippen MR) is 91.6 cm³/mol. The molecule has 0 aliphatic heterocycles. The molecule has 0 aliphatic carbocycles. The van der Waals surface area contributed by atoms with Gasteiger partial charge in [-0.1, -0.05) is 16.1 Å². The number of rotatable bonds is 7. The van der Waals surface area contributed by atoms with Gasteiger partial charge in [-0.2, -0.15) is 0 Å². The molecule has 1 aromatic rings. The van der Waals surface area contributed by atoms with Crippen LogP contribution in [0.1, 0.15) is 31.1 Å². The van der Waals surface area contributed by atoms with Crippen LogP contribution < -0.4 is 5.32 Å². The van der Waals surface area contributed by atoms with Gasteiger partial charge in [-0.05, 0) is 39.0 Å². The van der Waals surface area contributed by atoms with Gasteiger partial charge in [-0.25, -0.2) is 13.2 Å². The van der Waals surface area contributed by atoms with Crippen LogP contribution >= 0.6 is 11.6 Å². The molecule has 0 heterocycles. The van der Waals surface area contributed by atoms with E-state index in [1.807, 2.05) is 0 Å². The Morgan fingerprint density at radius 1 is 1.24 bits per heavy atom. The van der Waals surface area contributed by atoms with E-state index >= 15 is 0 Å². The zero-order valence-corrected chi connectivity index (χ0v) is 16.1. The van der Waals surface area contributed by atoms with Crippen LogP contribution in [0, 0.1) is 0 Å². The fourth-order valence-electron chi connectivity index (χ4n) is 1.75. The van der Waals surface area contributed by atoms with Gasteiger partial charge < -0.3 is 10.1 Å².